The van der Waals surface area contributed by atoms with E-state index in [-0.39, 0.29) is 41.3 Å². The fourth-order valence-electron chi connectivity index (χ4n) is 5.98. The molecular weight excluding hydrogens is 332 g/mol. The van der Waals surface area contributed by atoms with E-state index in [9.17, 15) is 15.0 Å². The Labute approximate surface area is 155 Å². The normalized spacial score (nSPS) is 41.5. The molecule has 2 N–H and O–H groups in total. The smallest absolute Gasteiger partial charge is 0.211 e. The lowest BCUT2D eigenvalue weighted by Crippen LogP contribution is -2.48. The summed E-state index contributed by atoms with van der Waals surface area (Å²) in [5, 5.41) is 22.3. The van der Waals surface area contributed by atoms with Crippen molar-refractivity contribution >= 4 is 5.78 Å². The van der Waals surface area contributed by atoms with Crippen LogP contribution in [0.3, 0.4) is 0 Å². The Kier molecular flexibility index (Phi) is 4.05. The summed E-state index contributed by atoms with van der Waals surface area (Å²) in [6.45, 7) is 7.53. The quantitative estimate of drug-likeness (QED) is 0.752. The first-order valence-corrected chi connectivity index (χ1v) is 9.99. The average molecular weight is 362 g/mol. The molecule has 0 aliphatic heterocycles. The van der Waals surface area contributed by atoms with Crippen molar-refractivity contribution in [1.82, 2.24) is 0 Å². The molecule has 2 fully saturated rings. The number of Topliss-reactive ketones (excluding diaryl/α,β-unsaturated/α-hetero) is 1. The van der Waals surface area contributed by atoms with Gasteiger partial charge in [0.05, 0.1) is 23.7 Å². The third kappa shape index (κ3) is 2.07. The molecule has 0 aromatic rings. The predicted molar refractivity (Wildman–Crippen MR) is 96.0 cm³/mol. The zero-order chi connectivity index (χ0) is 18.9. The Morgan fingerprint density at radius 2 is 1.81 bits per heavy atom. The maximum atomic E-state index is 13.6. The molecular formula is C21H30O5. The fraction of sp³-hybridized carbons (Fsp3) is 0.762. The first-order chi connectivity index (χ1) is 12.2. The third-order valence-electron chi connectivity index (χ3n) is 6.67. The zero-order valence-electron chi connectivity index (χ0n) is 16.1. The Morgan fingerprint density at radius 3 is 2.46 bits per heavy atom. The van der Waals surface area contributed by atoms with E-state index >= 15 is 0 Å². The number of allylic oxidation sites excluding steroid dienone is 1. The van der Waals surface area contributed by atoms with Gasteiger partial charge < -0.3 is 19.7 Å². The van der Waals surface area contributed by atoms with Gasteiger partial charge in [-0.25, -0.2) is 0 Å². The molecule has 0 unspecified atom stereocenters. The summed E-state index contributed by atoms with van der Waals surface area (Å²) >= 11 is 0. The van der Waals surface area contributed by atoms with Crippen LogP contribution in [0.5, 0.6) is 0 Å². The van der Waals surface area contributed by atoms with E-state index < -0.39 is 17.1 Å². The van der Waals surface area contributed by atoms with Gasteiger partial charge in [0.2, 0.25) is 11.5 Å². The summed E-state index contributed by atoms with van der Waals surface area (Å²) < 4.78 is 12.0. The summed E-state index contributed by atoms with van der Waals surface area (Å²) in [4.78, 5) is 13.6. The van der Waals surface area contributed by atoms with Gasteiger partial charge in [-0.05, 0) is 70.8 Å². The summed E-state index contributed by atoms with van der Waals surface area (Å²) in [5.74, 6) is 0.610. The maximum absolute atomic E-state index is 13.6. The van der Waals surface area contributed by atoms with Crippen LogP contribution in [0, 0.1) is 17.3 Å². The van der Waals surface area contributed by atoms with E-state index in [1.54, 1.807) is 6.08 Å². The zero-order valence-corrected chi connectivity index (χ0v) is 16.1. The Bertz CT molecular complexity index is 691. The Morgan fingerprint density at radius 1 is 1.12 bits per heavy atom. The van der Waals surface area contributed by atoms with Gasteiger partial charge in [0.15, 0.2) is 11.4 Å². The highest BCUT2D eigenvalue weighted by Crippen LogP contribution is 2.71. The van der Waals surface area contributed by atoms with Gasteiger partial charge in [0.1, 0.15) is 0 Å². The molecule has 5 nitrogen and oxygen atoms in total. The second-order valence-electron chi connectivity index (χ2n) is 8.87. The molecule has 144 valence electrons. The number of carbonyl (C=O) groups excluding carboxylic acids is 1. The van der Waals surface area contributed by atoms with Crippen molar-refractivity contribution in [3.8, 4) is 0 Å². The lowest BCUT2D eigenvalue weighted by atomic mass is 9.70. The summed E-state index contributed by atoms with van der Waals surface area (Å²) in [5.41, 5.74) is -1.58. The molecule has 0 aromatic carbocycles. The molecule has 0 amide bonds. The first kappa shape index (κ1) is 18.1. The second kappa shape index (κ2) is 5.83. The number of ketones is 1. The third-order valence-corrected chi connectivity index (χ3v) is 6.67. The maximum Gasteiger partial charge on any atom is 0.211 e. The summed E-state index contributed by atoms with van der Waals surface area (Å²) in [7, 11) is 0. The lowest BCUT2D eigenvalue weighted by Gasteiger charge is -2.37. The topological polar surface area (TPSA) is 76.0 Å². The molecule has 4 aliphatic rings. The Hall–Kier alpha value is -1.33. The standard InChI is InChI=1S/C21H30O5/c1-11(2)25-17-18(23)20-9-5-6-15(20)14-8-7-13(22)10-16(14)21(20,24)19(17)26-12(3)4/h10-15,22,24H,5-9H2,1-4H3/t13-,14+,15-,20-,21-/m0/s1. The van der Waals surface area contributed by atoms with Crippen LogP contribution in [0.2, 0.25) is 0 Å². The number of carbonyl (C=O) groups is 1. The predicted octanol–water partition coefficient (Wildman–Crippen LogP) is 2.86. The second-order valence-corrected chi connectivity index (χ2v) is 8.87. The van der Waals surface area contributed by atoms with Gasteiger partial charge in [-0.1, -0.05) is 12.5 Å². The number of ether oxygens (including phenoxy) is 2. The molecule has 4 aliphatic carbocycles. The van der Waals surface area contributed by atoms with Crippen LogP contribution >= 0.6 is 0 Å². The molecule has 1 spiro atoms. The molecule has 5 atom stereocenters. The van der Waals surface area contributed by atoms with Crippen LogP contribution in [-0.2, 0) is 14.3 Å². The molecule has 0 aromatic heterocycles. The van der Waals surface area contributed by atoms with Crippen LogP contribution in [-0.4, -0.2) is 39.9 Å². The highest BCUT2D eigenvalue weighted by Gasteiger charge is 2.78. The average Bonchev–Trinajstić information content (AvgIpc) is 3.13. The van der Waals surface area contributed by atoms with Crippen LogP contribution in [0.4, 0.5) is 0 Å². The minimum absolute atomic E-state index is 0.0952. The van der Waals surface area contributed by atoms with Crippen molar-refractivity contribution in [2.75, 3.05) is 0 Å². The van der Waals surface area contributed by atoms with Gasteiger partial charge >= 0.3 is 0 Å². The van der Waals surface area contributed by atoms with Crippen molar-refractivity contribution in [1.29, 1.82) is 0 Å². The number of aliphatic hydroxyl groups is 2. The number of hydrogen-bond donors (Lipinski definition) is 2. The van der Waals surface area contributed by atoms with Crippen molar-refractivity contribution in [2.24, 2.45) is 17.3 Å². The molecule has 0 radical (unpaired) electrons. The largest absolute Gasteiger partial charge is 0.488 e. The number of hydrogen-bond acceptors (Lipinski definition) is 5. The van der Waals surface area contributed by atoms with E-state index in [4.69, 9.17) is 9.47 Å². The van der Waals surface area contributed by atoms with Crippen molar-refractivity contribution < 1.29 is 24.5 Å². The summed E-state index contributed by atoms with van der Waals surface area (Å²) in [6.07, 6.45) is 4.83. The fourth-order valence-corrected chi connectivity index (χ4v) is 5.98. The monoisotopic (exact) mass is 362 g/mol. The van der Waals surface area contributed by atoms with Crippen LogP contribution in [0.1, 0.15) is 59.8 Å². The van der Waals surface area contributed by atoms with Crippen LogP contribution in [0.25, 0.3) is 0 Å². The molecule has 0 heterocycles. The van der Waals surface area contributed by atoms with E-state index in [1.807, 2.05) is 27.7 Å². The van der Waals surface area contributed by atoms with E-state index in [1.165, 1.54) is 0 Å². The molecule has 0 bridgehead atoms. The minimum Gasteiger partial charge on any atom is -0.488 e. The molecule has 2 saturated carbocycles. The number of aliphatic hydroxyl groups excluding tert-OH is 1. The van der Waals surface area contributed by atoms with Gasteiger partial charge in [-0.15, -0.1) is 0 Å². The van der Waals surface area contributed by atoms with Gasteiger partial charge in [0, 0.05) is 0 Å². The van der Waals surface area contributed by atoms with E-state index in [0.717, 1.165) is 24.8 Å². The highest BCUT2D eigenvalue weighted by atomic mass is 16.5. The van der Waals surface area contributed by atoms with Gasteiger partial charge in [-0.2, -0.15) is 0 Å². The number of fused-ring (bicyclic) bond motifs is 3. The molecule has 26 heavy (non-hydrogen) atoms. The van der Waals surface area contributed by atoms with Gasteiger partial charge in [-0.3, -0.25) is 4.79 Å². The highest BCUT2D eigenvalue weighted by molar-refractivity contribution is 6.05. The molecule has 0 saturated heterocycles. The first-order valence-electron chi connectivity index (χ1n) is 9.99. The van der Waals surface area contributed by atoms with Crippen molar-refractivity contribution in [3.05, 3.63) is 23.2 Å². The van der Waals surface area contributed by atoms with Crippen molar-refractivity contribution in [2.45, 2.75) is 83.7 Å². The Balaban J connectivity index is 1.94. The van der Waals surface area contributed by atoms with E-state index in [0.29, 0.717) is 12.8 Å². The van der Waals surface area contributed by atoms with Crippen molar-refractivity contribution in [3.63, 3.8) is 0 Å². The SMILES string of the molecule is CC(C)OC1=C(OC(C)C)[C@@]2(O)C3=C[C@@H](O)CC[C@@H]3[C@@H]3CCC[C@@]32C1=O. The molecule has 4 rings (SSSR count). The molecule has 5 heteroatoms. The van der Waals surface area contributed by atoms with Gasteiger partial charge in [0.25, 0.3) is 0 Å². The summed E-state index contributed by atoms with van der Waals surface area (Å²) in [6, 6.07) is 0. The minimum atomic E-state index is -1.48. The van der Waals surface area contributed by atoms with E-state index in [2.05, 4.69) is 0 Å². The van der Waals surface area contributed by atoms with Crippen LogP contribution < -0.4 is 0 Å². The lowest BCUT2D eigenvalue weighted by molar-refractivity contribution is -0.137. The number of rotatable bonds is 4. The van der Waals surface area contributed by atoms with Crippen LogP contribution in [0.15, 0.2) is 23.2 Å².